The molecule has 113 valence electrons. The highest BCUT2D eigenvalue weighted by Gasteiger charge is 2.19. The molecule has 3 heteroatoms. The number of fused-ring (bicyclic) bond motifs is 1. The van der Waals surface area contributed by atoms with E-state index in [1.807, 2.05) is 30.3 Å². The Hall–Kier alpha value is -2.29. The van der Waals surface area contributed by atoms with Gasteiger partial charge in [-0.1, -0.05) is 26.8 Å². The summed E-state index contributed by atoms with van der Waals surface area (Å²) in [6.07, 6.45) is 1.08. The molecule has 3 rings (SSSR count). The van der Waals surface area contributed by atoms with Crippen LogP contribution in [0.25, 0.3) is 22.6 Å². The summed E-state index contributed by atoms with van der Waals surface area (Å²) < 4.78 is 10.8. The van der Waals surface area contributed by atoms with Crippen LogP contribution in [0, 0.1) is 7.11 Å². The minimum absolute atomic E-state index is 0.139. The molecule has 2 aromatic carbocycles. The van der Waals surface area contributed by atoms with E-state index in [9.17, 15) is 0 Å². The molecule has 0 amide bonds. The number of aromatic nitrogens is 1. The zero-order valence-electron chi connectivity index (χ0n) is 13.2. The molecule has 0 aliphatic rings. The Morgan fingerprint density at radius 2 is 1.86 bits per heavy atom. The molecular weight excluding hydrogens is 274 g/mol. The van der Waals surface area contributed by atoms with E-state index in [-0.39, 0.29) is 5.41 Å². The van der Waals surface area contributed by atoms with E-state index >= 15 is 0 Å². The van der Waals surface area contributed by atoms with Crippen molar-refractivity contribution in [3.8, 4) is 17.2 Å². The highest BCUT2D eigenvalue weighted by Crippen LogP contribution is 2.31. The predicted molar refractivity (Wildman–Crippen MR) is 88.7 cm³/mol. The number of hydrogen-bond donors (Lipinski definition) is 0. The maximum Gasteiger partial charge on any atom is 0.227 e. The summed E-state index contributed by atoms with van der Waals surface area (Å²) in [7, 11) is 3.39. The van der Waals surface area contributed by atoms with E-state index in [0.29, 0.717) is 11.6 Å². The van der Waals surface area contributed by atoms with Gasteiger partial charge in [0.15, 0.2) is 5.58 Å². The number of ether oxygens (including phenoxy) is 1. The lowest BCUT2D eigenvalue weighted by Crippen LogP contribution is -2.14. The predicted octanol–water partition coefficient (Wildman–Crippen LogP) is 5.35. The topological polar surface area (TPSA) is 35.3 Å². The van der Waals surface area contributed by atoms with Gasteiger partial charge in [-0.05, 0) is 53.8 Å². The fourth-order valence-corrected chi connectivity index (χ4v) is 2.37. The van der Waals surface area contributed by atoms with Gasteiger partial charge in [-0.2, -0.15) is 0 Å². The Morgan fingerprint density at radius 1 is 1.14 bits per heavy atom. The third kappa shape index (κ3) is 2.59. The highest BCUT2D eigenvalue weighted by molar-refractivity contribution is 5.77. The van der Waals surface area contributed by atoms with Crippen LogP contribution in [0.5, 0.6) is 5.75 Å². The number of nitrogens with zero attached hydrogens (tertiary/aromatic N) is 1. The molecular formula is C19H20NO2. The molecule has 0 N–H and O–H groups in total. The zero-order valence-corrected chi connectivity index (χ0v) is 13.2. The van der Waals surface area contributed by atoms with Crippen LogP contribution >= 0.6 is 0 Å². The van der Waals surface area contributed by atoms with Gasteiger partial charge in [0.05, 0.1) is 0 Å². The average molecular weight is 294 g/mol. The second-order valence-corrected chi connectivity index (χ2v) is 6.11. The summed E-state index contributed by atoms with van der Waals surface area (Å²) in [6, 6.07) is 13.8. The molecule has 1 heterocycles. The molecule has 0 aliphatic carbocycles. The van der Waals surface area contributed by atoms with Gasteiger partial charge in [0, 0.05) is 5.56 Å². The normalized spacial score (nSPS) is 11.8. The fourth-order valence-electron chi connectivity index (χ4n) is 2.37. The van der Waals surface area contributed by atoms with Gasteiger partial charge >= 0.3 is 0 Å². The Balaban J connectivity index is 2.02. The van der Waals surface area contributed by atoms with Gasteiger partial charge in [-0.25, -0.2) is 4.98 Å². The Labute approximate surface area is 130 Å². The molecule has 3 aromatic rings. The summed E-state index contributed by atoms with van der Waals surface area (Å²) in [5.74, 6) is 1.34. The van der Waals surface area contributed by atoms with Crippen LogP contribution in [0.4, 0.5) is 0 Å². The fraction of sp³-hybridized carbons (Fsp3) is 0.263. The van der Waals surface area contributed by atoms with Crippen molar-refractivity contribution in [1.82, 2.24) is 4.98 Å². The molecule has 22 heavy (non-hydrogen) atoms. The summed E-state index contributed by atoms with van der Waals surface area (Å²) in [5, 5.41) is 0. The number of benzene rings is 2. The Morgan fingerprint density at radius 3 is 2.50 bits per heavy atom. The molecule has 0 bridgehead atoms. The first-order valence-corrected chi connectivity index (χ1v) is 7.47. The van der Waals surface area contributed by atoms with Crippen LogP contribution in [0.15, 0.2) is 46.9 Å². The number of rotatable bonds is 4. The van der Waals surface area contributed by atoms with Crippen molar-refractivity contribution in [2.45, 2.75) is 32.6 Å². The zero-order chi connectivity index (χ0) is 15.7. The average Bonchev–Trinajstić information content (AvgIpc) is 2.98. The molecule has 0 spiro atoms. The lowest BCUT2D eigenvalue weighted by Gasteiger charge is -2.22. The molecule has 0 unspecified atom stereocenters. The van der Waals surface area contributed by atoms with Gasteiger partial charge in [0.25, 0.3) is 0 Å². The number of oxazole rings is 1. The van der Waals surface area contributed by atoms with E-state index in [1.165, 1.54) is 5.56 Å². The molecule has 1 aromatic heterocycles. The first kappa shape index (κ1) is 14.6. The smallest absolute Gasteiger partial charge is 0.227 e. The Bertz CT molecular complexity index is 785. The van der Waals surface area contributed by atoms with Gasteiger partial charge in [0.1, 0.15) is 18.4 Å². The first-order chi connectivity index (χ1) is 10.5. The monoisotopic (exact) mass is 294 g/mol. The van der Waals surface area contributed by atoms with Crippen molar-refractivity contribution in [3.05, 3.63) is 55.1 Å². The highest BCUT2D eigenvalue weighted by atomic mass is 16.5. The van der Waals surface area contributed by atoms with Gasteiger partial charge in [-0.15, -0.1) is 0 Å². The van der Waals surface area contributed by atoms with Crippen LogP contribution in [-0.2, 0) is 5.41 Å². The summed E-state index contributed by atoms with van der Waals surface area (Å²) in [4.78, 5) is 4.62. The summed E-state index contributed by atoms with van der Waals surface area (Å²) in [5.41, 5.74) is 4.05. The van der Waals surface area contributed by atoms with E-state index in [1.54, 1.807) is 0 Å². The quantitative estimate of drug-likeness (QED) is 0.650. The minimum Gasteiger partial charge on any atom is -0.490 e. The lowest BCUT2D eigenvalue weighted by molar-refractivity contribution is 0.473. The molecule has 0 fully saturated rings. The lowest BCUT2D eigenvalue weighted by atomic mass is 9.82. The summed E-state index contributed by atoms with van der Waals surface area (Å²) in [6.45, 7) is 6.68. The largest absolute Gasteiger partial charge is 0.490 e. The van der Waals surface area contributed by atoms with Crippen LogP contribution in [0.3, 0.4) is 0 Å². The number of hydrogen-bond acceptors (Lipinski definition) is 3. The van der Waals surface area contributed by atoms with E-state index in [2.05, 4.69) is 45.0 Å². The molecule has 0 aliphatic heterocycles. The third-order valence-electron chi connectivity index (χ3n) is 4.32. The summed E-state index contributed by atoms with van der Waals surface area (Å²) >= 11 is 0. The van der Waals surface area contributed by atoms with E-state index < -0.39 is 0 Å². The van der Waals surface area contributed by atoms with E-state index in [0.717, 1.165) is 23.1 Å². The van der Waals surface area contributed by atoms with Crippen molar-refractivity contribution >= 4 is 11.1 Å². The first-order valence-electron chi connectivity index (χ1n) is 7.47. The van der Waals surface area contributed by atoms with Crippen molar-refractivity contribution in [2.24, 2.45) is 0 Å². The second-order valence-electron chi connectivity index (χ2n) is 6.11. The van der Waals surface area contributed by atoms with Crippen LogP contribution < -0.4 is 4.74 Å². The third-order valence-corrected chi connectivity index (χ3v) is 4.32. The van der Waals surface area contributed by atoms with Gasteiger partial charge in [0.2, 0.25) is 5.89 Å². The van der Waals surface area contributed by atoms with E-state index in [4.69, 9.17) is 9.15 Å². The van der Waals surface area contributed by atoms with Crippen LogP contribution in [0.2, 0.25) is 0 Å². The van der Waals surface area contributed by atoms with Crippen molar-refractivity contribution < 1.29 is 9.15 Å². The molecule has 0 atom stereocenters. The van der Waals surface area contributed by atoms with Gasteiger partial charge in [-0.3, -0.25) is 0 Å². The van der Waals surface area contributed by atoms with Crippen LogP contribution in [-0.4, -0.2) is 4.98 Å². The van der Waals surface area contributed by atoms with Gasteiger partial charge < -0.3 is 9.15 Å². The van der Waals surface area contributed by atoms with Crippen molar-refractivity contribution in [2.75, 3.05) is 0 Å². The SMILES string of the molecule is [CH2]Oc1ccc(-c2nc3cc(C(C)(C)CC)ccc3o2)cc1. The maximum absolute atomic E-state index is 5.86. The molecule has 0 saturated heterocycles. The molecule has 3 nitrogen and oxygen atoms in total. The van der Waals surface area contributed by atoms with Crippen molar-refractivity contribution in [1.29, 1.82) is 0 Å². The Kier molecular flexibility index (Phi) is 3.65. The molecule has 0 saturated carbocycles. The van der Waals surface area contributed by atoms with Crippen molar-refractivity contribution in [3.63, 3.8) is 0 Å². The minimum atomic E-state index is 0.139. The molecule has 1 radical (unpaired) electrons. The van der Waals surface area contributed by atoms with Crippen LogP contribution in [0.1, 0.15) is 32.8 Å². The standard InChI is InChI=1S/C19H20NO2/c1-5-19(2,3)14-8-11-17-16(12-14)20-18(22-17)13-6-9-15(21-4)10-7-13/h6-12H,4-5H2,1-3H3. The maximum atomic E-state index is 5.86. The second kappa shape index (κ2) is 5.48.